The first-order valence-electron chi connectivity index (χ1n) is 12.2. The summed E-state index contributed by atoms with van der Waals surface area (Å²) in [7, 11) is -4.09. The van der Waals surface area contributed by atoms with E-state index in [1.807, 2.05) is 0 Å². The Morgan fingerprint density at radius 2 is 1.72 bits per heavy atom. The van der Waals surface area contributed by atoms with Crippen molar-refractivity contribution in [3.8, 4) is 0 Å². The van der Waals surface area contributed by atoms with Crippen molar-refractivity contribution in [2.24, 2.45) is 0 Å². The number of nitrogens with zero attached hydrogens (tertiary/aromatic N) is 3. The van der Waals surface area contributed by atoms with Gasteiger partial charge in [0, 0.05) is 42.6 Å². The van der Waals surface area contributed by atoms with Gasteiger partial charge >= 0.3 is 0 Å². The molecule has 8 nitrogen and oxygen atoms in total. The van der Waals surface area contributed by atoms with E-state index >= 15 is 0 Å². The van der Waals surface area contributed by atoms with E-state index in [1.54, 1.807) is 29.3 Å². The van der Waals surface area contributed by atoms with Crippen molar-refractivity contribution in [2.75, 3.05) is 23.1 Å². The lowest BCUT2D eigenvalue weighted by molar-refractivity contribution is 0.0713. The highest BCUT2D eigenvalue weighted by atomic mass is 32.2. The smallest absolute Gasteiger partial charge is 0.281 e. The Hall–Kier alpha value is -3.90. The number of sulfonamides is 1. The molecule has 5 rings (SSSR count). The summed E-state index contributed by atoms with van der Waals surface area (Å²) in [4.78, 5) is 23.4. The number of nitrogens with one attached hydrogen (secondary N) is 2. The van der Waals surface area contributed by atoms with Crippen LogP contribution in [-0.2, 0) is 10.0 Å². The van der Waals surface area contributed by atoms with Crippen LogP contribution in [0.1, 0.15) is 40.2 Å². The third-order valence-corrected chi connectivity index (χ3v) is 8.67. The van der Waals surface area contributed by atoms with Crippen molar-refractivity contribution in [1.82, 2.24) is 14.9 Å². The molecule has 2 N–H and O–H groups in total. The number of piperidine rings is 1. The van der Waals surface area contributed by atoms with Gasteiger partial charge in [0.15, 0.2) is 10.2 Å². The average Bonchev–Trinajstić information content (AvgIpc) is 3.43. The number of anilines is 3. The molecular formula is C27H25F2N5O3S2. The van der Waals surface area contributed by atoms with Crippen LogP contribution < -0.4 is 10.0 Å². The van der Waals surface area contributed by atoms with E-state index in [9.17, 15) is 22.0 Å². The summed E-state index contributed by atoms with van der Waals surface area (Å²) in [5.74, 6) is -0.803. The molecule has 0 spiro atoms. The minimum absolute atomic E-state index is 0.185. The minimum atomic E-state index is -4.09. The summed E-state index contributed by atoms with van der Waals surface area (Å²) in [6.45, 7) is 2.65. The van der Waals surface area contributed by atoms with Crippen molar-refractivity contribution in [3.63, 3.8) is 0 Å². The number of amides is 1. The van der Waals surface area contributed by atoms with Crippen LogP contribution in [0, 0.1) is 18.6 Å². The maximum absolute atomic E-state index is 13.7. The van der Waals surface area contributed by atoms with E-state index in [2.05, 4.69) is 20.0 Å². The summed E-state index contributed by atoms with van der Waals surface area (Å²) >= 11 is 1.12. The Balaban J connectivity index is 1.42. The number of thiazole rings is 1. The van der Waals surface area contributed by atoms with E-state index in [-0.39, 0.29) is 39.1 Å². The molecule has 0 unspecified atom stereocenters. The lowest BCUT2D eigenvalue weighted by Crippen LogP contribution is -2.38. The fraction of sp³-hybridized carbons (Fsp3) is 0.222. The highest BCUT2D eigenvalue weighted by Gasteiger charge is 2.28. The van der Waals surface area contributed by atoms with E-state index < -0.39 is 15.8 Å². The molecule has 2 aromatic heterocycles. The standard InChI is InChI=1S/C27H25F2N5O3S2/c1-17-14-21(29)6-7-23(17)32-24-15-25(39(36,37)33-27-30-10-13-38-27)31-16-22(24)26(35)34-11-8-19(9-12-34)18-2-4-20(28)5-3-18/h2-7,10,13-16,19H,8-9,11-12H2,1H3,(H,30,33)(H,31,32). The Bertz CT molecular complexity index is 1590. The largest absolute Gasteiger partial charge is 0.355 e. The molecule has 3 heterocycles. The zero-order valence-corrected chi connectivity index (χ0v) is 22.5. The minimum Gasteiger partial charge on any atom is -0.355 e. The molecule has 202 valence electrons. The van der Waals surface area contributed by atoms with Crippen molar-refractivity contribution in [2.45, 2.75) is 30.7 Å². The number of rotatable bonds is 7. The van der Waals surface area contributed by atoms with Crippen molar-refractivity contribution in [3.05, 3.63) is 94.6 Å². The number of aryl methyl sites for hydroxylation is 1. The van der Waals surface area contributed by atoms with Gasteiger partial charge in [-0.05, 0) is 67.1 Å². The molecule has 1 aliphatic heterocycles. The fourth-order valence-corrected chi connectivity index (χ4v) is 6.28. The van der Waals surface area contributed by atoms with Crippen molar-refractivity contribution >= 4 is 43.8 Å². The van der Waals surface area contributed by atoms with Gasteiger partial charge in [-0.3, -0.25) is 9.52 Å². The van der Waals surface area contributed by atoms with Crippen LogP contribution in [-0.4, -0.2) is 42.3 Å². The Kier molecular flexibility index (Phi) is 7.58. The summed E-state index contributed by atoms with van der Waals surface area (Å²) in [5.41, 5.74) is 2.54. The van der Waals surface area contributed by atoms with E-state index in [0.29, 0.717) is 37.2 Å². The van der Waals surface area contributed by atoms with Gasteiger partial charge in [0.2, 0.25) is 0 Å². The number of pyridine rings is 1. The van der Waals surface area contributed by atoms with Crippen LogP contribution >= 0.6 is 11.3 Å². The van der Waals surface area contributed by atoms with Crippen LogP contribution in [0.25, 0.3) is 0 Å². The second-order valence-corrected chi connectivity index (χ2v) is 11.7. The maximum atomic E-state index is 13.7. The predicted molar refractivity (Wildman–Crippen MR) is 146 cm³/mol. The van der Waals surface area contributed by atoms with Crippen LogP contribution in [0.3, 0.4) is 0 Å². The van der Waals surface area contributed by atoms with E-state index in [0.717, 1.165) is 16.9 Å². The molecule has 39 heavy (non-hydrogen) atoms. The van der Waals surface area contributed by atoms with Gasteiger partial charge in [-0.25, -0.2) is 18.7 Å². The number of carbonyl (C=O) groups is 1. The highest BCUT2D eigenvalue weighted by Crippen LogP contribution is 2.31. The monoisotopic (exact) mass is 569 g/mol. The van der Waals surface area contributed by atoms with Gasteiger partial charge in [-0.15, -0.1) is 11.3 Å². The van der Waals surface area contributed by atoms with Crippen LogP contribution in [0.15, 0.2) is 71.3 Å². The maximum Gasteiger partial charge on any atom is 0.281 e. The molecule has 0 saturated carbocycles. The number of halogens is 2. The highest BCUT2D eigenvalue weighted by molar-refractivity contribution is 7.92. The molecule has 1 saturated heterocycles. The third kappa shape index (κ3) is 6.07. The molecule has 1 amide bonds. The number of carbonyl (C=O) groups excluding carboxylic acids is 1. The second-order valence-electron chi connectivity index (χ2n) is 9.21. The normalized spacial score (nSPS) is 14.3. The van der Waals surface area contributed by atoms with Crippen molar-refractivity contribution < 1.29 is 22.0 Å². The molecule has 0 radical (unpaired) electrons. The lowest BCUT2D eigenvalue weighted by atomic mass is 9.89. The van der Waals surface area contributed by atoms with Gasteiger partial charge in [0.05, 0.1) is 11.3 Å². The first kappa shape index (κ1) is 26.7. The Labute approximate surface area is 228 Å². The number of hydrogen-bond donors (Lipinski definition) is 2. The molecule has 0 aliphatic carbocycles. The Morgan fingerprint density at radius 1 is 1.00 bits per heavy atom. The summed E-state index contributed by atoms with van der Waals surface area (Å²) in [6.07, 6.45) is 4.12. The fourth-order valence-electron chi connectivity index (χ4n) is 4.53. The summed E-state index contributed by atoms with van der Waals surface area (Å²) in [5, 5.41) is 4.63. The quantitative estimate of drug-likeness (QED) is 0.296. The summed E-state index contributed by atoms with van der Waals surface area (Å²) in [6, 6.07) is 11.8. The molecule has 4 aromatic rings. The second kappa shape index (κ2) is 11.1. The SMILES string of the molecule is Cc1cc(F)ccc1Nc1cc(S(=O)(=O)Nc2nccs2)ncc1C(=O)N1CCC(c2ccc(F)cc2)CC1. The third-order valence-electron chi connectivity index (χ3n) is 6.62. The first-order valence-corrected chi connectivity index (χ1v) is 14.6. The molecule has 12 heteroatoms. The van der Waals surface area contributed by atoms with Gasteiger partial charge in [-0.1, -0.05) is 12.1 Å². The number of aromatic nitrogens is 2. The van der Waals surface area contributed by atoms with Gasteiger partial charge in [-0.2, -0.15) is 8.42 Å². The predicted octanol–water partition coefficient (Wildman–Crippen LogP) is 5.69. The number of benzene rings is 2. The zero-order chi connectivity index (χ0) is 27.6. The number of likely N-dealkylation sites (tertiary alicyclic amines) is 1. The molecular weight excluding hydrogens is 544 g/mol. The first-order chi connectivity index (χ1) is 18.7. The number of hydrogen-bond acceptors (Lipinski definition) is 7. The molecule has 0 bridgehead atoms. The Morgan fingerprint density at radius 3 is 2.38 bits per heavy atom. The van der Waals surface area contributed by atoms with E-state index in [1.165, 1.54) is 48.8 Å². The van der Waals surface area contributed by atoms with Crippen LogP contribution in [0.4, 0.5) is 25.3 Å². The molecule has 1 fully saturated rings. The molecule has 0 atom stereocenters. The molecule has 2 aromatic carbocycles. The van der Waals surface area contributed by atoms with Gasteiger partial charge < -0.3 is 10.2 Å². The summed E-state index contributed by atoms with van der Waals surface area (Å²) < 4.78 is 55.4. The topological polar surface area (TPSA) is 104 Å². The van der Waals surface area contributed by atoms with E-state index in [4.69, 9.17) is 0 Å². The van der Waals surface area contributed by atoms with Crippen LogP contribution in [0.5, 0.6) is 0 Å². The van der Waals surface area contributed by atoms with Gasteiger partial charge in [0.1, 0.15) is 11.6 Å². The van der Waals surface area contributed by atoms with Gasteiger partial charge in [0.25, 0.3) is 15.9 Å². The zero-order valence-electron chi connectivity index (χ0n) is 20.9. The van der Waals surface area contributed by atoms with Crippen LogP contribution in [0.2, 0.25) is 0 Å². The molecule has 1 aliphatic rings. The average molecular weight is 570 g/mol. The van der Waals surface area contributed by atoms with Crippen molar-refractivity contribution in [1.29, 1.82) is 0 Å². The lowest BCUT2D eigenvalue weighted by Gasteiger charge is -2.32.